The van der Waals surface area contributed by atoms with E-state index in [1.807, 2.05) is 41.1 Å². The number of oxime groups is 1. The summed E-state index contributed by atoms with van der Waals surface area (Å²) in [6, 6.07) is 11.3. The van der Waals surface area contributed by atoms with Crippen LogP contribution < -0.4 is 15.4 Å². The number of nitrogens with one attached hydrogen (secondary N) is 3. The molecule has 0 aromatic heterocycles. The lowest BCUT2D eigenvalue weighted by molar-refractivity contribution is -0.143. The Labute approximate surface area is 306 Å². The minimum absolute atomic E-state index is 0.108. The zero-order valence-corrected chi connectivity index (χ0v) is 30.5. The van der Waals surface area contributed by atoms with Gasteiger partial charge in [0, 0.05) is 17.5 Å². The fourth-order valence-electron chi connectivity index (χ4n) is 7.45. The standard InChI is InChI=1S/C37H43F2N5O8S/c1-36(2,3)30-33(46)44-19-21(17-28(44)32(45)41-37(18-27(37)31(38)39)34(47)43-53(49,50)22-12-13-22)52-42-29-25-10-5-4-9-23(25)24-14-11-20(16-26(24)29)8-6-7-15-51-35(48)40-30/h4-5,9-11,14,16,21-22,27-28,30-31H,6-8,12-13,15,17-19H2,1-3H3,(H,40,48)(H,41,45)(H,43,47)/b42-29+/t21-,27+,28+,30-,37+/m1/s1. The van der Waals surface area contributed by atoms with Crippen molar-refractivity contribution < 1.29 is 46.0 Å². The Hall–Kier alpha value is -4.60. The number of carbonyl (C=O) groups is 4. The van der Waals surface area contributed by atoms with Crippen molar-refractivity contribution in [2.75, 3.05) is 13.2 Å². The molecule has 0 spiro atoms. The third kappa shape index (κ3) is 7.21. The minimum atomic E-state index is -4.12. The second kappa shape index (κ2) is 13.7. The largest absolute Gasteiger partial charge is 0.450 e. The van der Waals surface area contributed by atoms with Crippen LogP contribution in [0.4, 0.5) is 13.6 Å². The van der Waals surface area contributed by atoms with Crippen LogP contribution in [0.3, 0.4) is 0 Å². The summed E-state index contributed by atoms with van der Waals surface area (Å²) in [5.41, 5.74) is 2.21. The summed E-state index contributed by atoms with van der Waals surface area (Å²) in [5, 5.41) is 8.86. The zero-order valence-electron chi connectivity index (χ0n) is 29.7. The maximum Gasteiger partial charge on any atom is 0.407 e. The first-order valence-electron chi connectivity index (χ1n) is 18.0. The summed E-state index contributed by atoms with van der Waals surface area (Å²) in [6.45, 7) is 5.13. The van der Waals surface area contributed by atoms with E-state index in [0.717, 1.165) is 40.7 Å². The molecule has 2 aromatic rings. The Morgan fingerprint density at radius 1 is 1.04 bits per heavy atom. The number of hydrogen-bond acceptors (Lipinski definition) is 9. The predicted molar refractivity (Wildman–Crippen MR) is 188 cm³/mol. The lowest BCUT2D eigenvalue weighted by Gasteiger charge is -2.35. The quantitative estimate of drug-likeness (QED) is 0.342. The summed E-state index contributed by atoms with van der Waals surface area (Å²) in [4.78, 5) is 62.1. The lowest BCUT2D eigenvalue weighted by atomic mass is 9.85. The van der Waals surface area contributed by atoms with E-state index in [0.29, 0.717) is 25.0 Å². The van der Waals surface area contributed by atoms with Gasteiger partial charge >= 0.3 is 6.09 Å². The van der Waals surface area contributed by atoms with Gasteiger partial charge in [-0.15, -0.1) is 0 Å². The van der Waals surface area contributed by atoms with Crippen LogP contribution in [-0.4, -0.2) is 91.4 Å². The SMILES string of the molecule is CC(C)(C)[C@@H]1NC(=O)OCCCCc2ccc3c(c2)/C(=N/O[C@@H]2C[C@@H](C(=O)N[C@@]4(C(=O)NS(=O)(=O)C5CC5)C[C@H]4C(F)F)N(C2)C1=O)c1ccccc1-3. The van der Waals surface area contributed by atoms with E-state index >= 15 is 0 Å². The van der Waals surface area contributed by atoms with Gasteiger partial charge in [0.25, 0.3) is 5.91 Å². The number of rotatable bonds is 6. The van der Waals surface area contributed by atoms with Gasteiger partial charge in [-0.2, -0.15) is 0 Å². The molecule has 2 heterocycles. The highest BCUT2D eigenvalue weighted by Gasteiger charge is 2.67. The smallest absolute Gasteiger partial charge is 0.407 e. The van der Waals surface area contributed by atoms with Crippen molar-refractivity contribution in [1.29, 1.82) is 0 Å². The van der Waals surface area contributed by atoms with Crippen molar-refractivity contribution in [3.63, 3.8) is 0 Å². The molecule has 2 aromatic carbocycles. The number of alkyl carbamates (subject to hydrolysis) is 1. The first-order valence-corrected chi connectivity index (χ1v) is 19.5. The Bertz CT molecular complexity index is 1980. The molecule has 13 nitrogen and oxygen atoms in total. The molecule has 4 bridgehead atoms. The molecule has 2 aliphatic heterocycles. The van der Waals surface area contributed by atoms with Crippen molar-refractivity contribution in [1.82, 2.24) is 20.3 Å². The molecule has 5 atom stereocenters. The molecule has 4 amide bonds. The van der Waals surface area contributed by atoms with Gasteiger partial charge in [-0.1, -0.05) is 62.3 Å². The van der Waals surface area contributed by atoms with Crippen LogP contribution in [0.1, 0.15) is 76.0 Å². The Morgan fingerprint density at radius 3 is 2.43 bits per heavy atom. The maximum atomic E-state index is 14.4. The first kappa shape index (κ1) is 36.7. The normalized spacial score (nSPS) is 28.3. The minimum Gasteiger partial charge on any atom is -0.450 e. The van der Waals surface area contributed by atoms with Gasteiger partial charge in [-0.3, -0.25) is 19.1 Å². The van der Waals surface area contributed by atoms with E-state index in [-0.39, 0.29) is 19.6 Å². The van der Waals surface area contributed by atoms with Gasteiger partial charge in [-0.25, -0.2) is 22.0 Å². The average molecular weight is 756 g/mol. The number of nitrogens with zero attached hydrogens (tertiary/aromatic N) is 2. The Kier molecular flexibility index (Phi) is 9.48. The van der Waals surface area contributed by atoms with Crippen LogP contribution in [0.15, 0.2) is 47.6 Å². The van der Waals surface area contributed by atoms with Crippen molar-refractivity contribution >= 4 is 39.5 Å². The molecular weight excluding hydrogens is 712 g/mol. The molecule has 3 aliphatic carbocycles. The fourth-order valence-corrected chi connectivity index (χ4v) is 8.81. The number of cyclic esters (lactones) is 1. The van der Waals surface area contributed by atoms with Crippen LogP contribution in [0, 0.1) is 11.3 Å². The van der Waals surface area contributed by atoms with Crippen molar-refractivity contribution in [3.05, 3.63) is 59.2 Å². The fraction of sp³-hybridized carbons (Fsp3) is 0.541. The highest BCUT2D eigenvalue weighted by atomic mass is 32.2. The molecule has 284 valence electrons. The number of hydrogen-bond donors (Lipinski definition) is 3. The van der Waals surface area contributed by atoms with Crippen LogP contribution in [0.5, 0.6) is 0 Å². The molecule has 5 aliphatic rings. The van der Waals surface area contributed by atoms with Crippen molar-refractivity contribution in [3.8, 4) is 11.1 Å². The summed E-state index contributed by atoms with van der Waals surface area (Å²) in [7, 11) is -4.12. The number of alkyl halides is 2. The molecular formula is C37H43F2N5O8S. The number of fused-ring (bicyclic) bond motifs is 6. The van der Waals surface area contributed by atoms with Gasteiger partial charge in [0.15, 0.2) is 0 Å². The van der Waals surface area contributed by atoms with Gasteiger partial charge in [-0.05, 0) is 66.7 Å². The number of benzene rings is 2. The topological polar surface area (TPSA) is 173 Å². The molecule has 0 radical (unpaired) electrons. The Balaban J connectivity index is 1.22. The number of aryl methyl sites for hydroxylation is 1. The second-order valence-electron chi connectivity index (χ2n) is 15.7. The second-order valence-corrected chi connectivity index (χ2v) is 17.6. The third-order valence-corrected chi connectivity index (χ3v) is 12.5. The number of halogens is 2. The van der Waals surface area contributed by atoms with Crippen LogP contribution in [0.2, 0.25) is 0 Å². The summed E-state index contributed by atoms with van der Waals surface area (Å²) < 4.78 is 60.7. The highest BCUT2D eigenvalue weighted by molar-refractivity contribution is 7.91. The summed E-state index contributed by atoms with van der Waals surface area (Å²) in [5.74, 6) is -4.49. The van der Waals surface area contributed by atoms with Crippen LogP contribution in [-0.2, 0) is 40.4 Å². The van der Waals surface area contributed by atoms with E-state index in [1.54, 1.807) is 20.8 Å². The summed E-state index contributed by atoms with van der Waals surface area (Å²) >= 11 is 0. The summed E-state index contributed by atoms with van der Waals surface area (Å²) in [6.07, 6.45) is -2.66. The third-order valence-electron chi connectivity index (χ3n) is 10.7. The van der Waals surface area contributed by atoms with Crippen molar-refractivity contribution in [2.45, 2.75) is 101 Å². The van der Waals surface area contributed by atoms with Gasteiger partial charge < -0.3 is 25.1 Å². The molecule has 3 N–H and O–H groups in total. The highest BCUT2D eigenvalue weighted by Crippen LogP contribution is 2.48. The molecule has 0 unspecified atom stereocenters. The average Bonchev–Trinajstić information content (AvgIpc) is 4.01. The van der Waals surface area contributed by atoms with Crippen molar-refractivity contribution in [2.24, 2.45) is 16.5 Å². The van der Waals surface area contributed by atoms with Crippen LogP contribution in [0.25, 0.3) is 11.1 Å². The Morgan fingerprint density at radius 2 is 1.75 bits per heavy atom. The number of amides is 4. The van der Waals surface area contributed by atoms with Gasteiger partial charge in [0.05, 0.1) is 24.3 Å². The molecule has 3 fully saturated rings. The number of carbonyl (C=O) groups excluding carboxylic acids is 4. The lowest BCUT2D eigenvalue weighted by Crippen LogP contribution is -2.60. The monoisotopic (exact) mass is 755 g/mol. The van der Waals surface area contributed by atoms with E-state index in [1.165, 1.54) is 4.90 Å². The number of ether oxygens (including phenoxy) is 1. The maximum absolute atomic E-state index is 14.4. The number of sulfonamides is 1. The van der Waals surface area contributed by atoms with Gasteiger partial charge in [0.2, 0.25) is 28.3 Å². The van der Waals surface area contributed by atoms with Gasteiger partial charge in [0.1, 0.15) is 29.4 Å². The molecule has 2 saturated carbocycles. The zero-order chi connectivity index (χ0) is 37.9. The predicted octanol–water partition coefficient (Wildman–Crippen LogP) is 3.63. The van der Waals surface area contributed by atoms with E-state index in [9.17, 15) is 36.4 Å². The molecule has 7 rings (SSSR count). The molecule has 1 saturated heterocycles. The van der Waals surface area contributed by atoms with E-state index in [2.05, 4.69) is 21.9 Å². The molecule has 53 heavy (non-hydrogen) atoms. The first-order chi connectivity index (χ1) is 25.1. The van der Waals surface area contributed by atoms with E-state index < -0.39 is 87.0 Å². The van der Waals surface area contributed by atoms with E-state index in [4.69, 9.17) is 9.57 Å². The van der Waals surface area contributed by atoms with Crippen LogP contribution >= 0.6 is 0 Å². The molecule has 16 heteroatoms.